The Morgan fingerprint density at radius 2 is 2.11 bits per heavy atom. The Hall–Kier alpha value is -0.120. The molecule has 56 valence electrons. The average Bonchev–Trinajstić information content (AvgIpc) is 1.85. The molecule has 3 heteroatoms. The highest BCUT2D eigenvalue weighted by Crippen LogP contribution is 1.92. The van der Waals surface area contributed by atoms with Crippen molar-refractivity contribution in [2.45, 2.75) is 26.6 Å². The minimum absolute atomic E-state index is 0.273. The van der Waals surface area contributed by atoms with Crippen molar-refractivity contribution in [2.75, 3.05) is 13.4 Å². The van der Waals surface area contributed by atoms with Crippen molar-refractivity contribution < 1.29 is 14.6 Å². The van der Waals surface area contributed by atoms with Crippen LogP contribution in [0.15, 0.2) is 0 Å². The topological polar surface area (TPSA) is 38.7 Å². The molecule has 0 aliphatic heterocycles. The normalized spacial score (nSPS) is 13.7. The number of hydrogen-bond acceptors (Lipinski definition) is 3. The van der Waals surface area contributed by atoms with Gasteiger partial charge in [0.15, 0.2) is 6.29 Å². The summed E-state index contributed by atoms with van der Waals surface area (Å²) in [5.41, 5.74) is 0. The van der Waals surface area contributed by atoms with Crippen molar-refractivity contribution in [2.24, 2.45) is 0 Å². The largest absolute Gasteiger partial charge is 0.371 e. The fourth-order valence-corrected chi connectivity index (χ4v) is 0.437. The summed E-state index contributed by atoms with van der Waals surface area (Å²) in [7, 11) is 0. The molecule has 0 radical (unpaired) electrons. The van der Waals surface area contributed by atoms with E-state index in [9.17, 15) is 0 Å². The Kier molecular flexibility index (Phi) is 5.93. The average molecular weight is 134 g/mol. The van der Waals surface area contributed by atoms with E-state index in [0.29, 0.717) is 6.61 Å². The Bertz CT molecular complexity index is 56.3. The van der Waals surface area contributed by atoms with E-state index in [1.807, 2.05) is 6.92 Å². The van der Waals surface area contributed by atoms with Crippen LogP contribution in [0.2, 0.25) is 0 Å². The Labute approximate surface area is 55.6 Å². The van der Waals surface area contributed by atoms with Crippen LogP contribution in [0, 0.1) is 0 Å². The van der Waals surface area contributed by atoms with Crippen LogP contribution in [-0.4, -0.2) is 24.8 Å². The lowest BCUT2D eigenvalue weighted by Crippen LogP contribution is -2.13. The van der Waals surface area contributed by atoms with E-state index in [4.69, 9.17) is 9.84 Å². The maximum absolute atomic E-state index is 8.23. The van der Waals surface area contributed by atoms with Crippen molar-refractivity contribution >= 4 is 0 Å². The van der Waals surface area contributed by atoms with Gasteiger partial charge in [0.1, 0.15) is 6.79 Å². The molecule has 1 atom stereocenters. The van der Waals surface area contributed by atoms with E-state index < -0.39 is 0 Å². The second-order valence-corrected chi connectivity index (χ2v) is 1.73. The molecule has 9 heavy (non-hydrogen) atoms. The van der Waals surface area contributed by atoms with Gasteiger partial charge < -0.3 is 14.6 Å². The van der Waals surface area contributed by atoms with Gasteiger partial charge in [-0.2, -0.15) is 0 Å². The maximum Gasteiger partial charge on any atom is 0.157 e. The highest BCUT2D eigenvalue weighted by molar-refractivity contribution is 4.28. The van der Waals surface area contributed by atoms with Crippen LogP contribution < -0.4 is 0 Å². The number of rotatable bonds is 5. The van der Waals surface area contributed by atoms with Gasteiger partial charge in [0, 0.05) is 6.61 Å². The van der Waals surface area contributed by atoms with Gasteiger partial charge in [-0.05, 0) is 13.3 Å². The number of hydrogen-bond donors (Lipinski definition) is 1. The van der Waals surface area contributed by atoms with E-state index in [1.54, 1.807) is 6.92 Å². The van der Waals surface area contributed by atoms with Gasteiger partial charge in [0.05, 0.1) is 0 Å². The molecule has 0 aromatic rings. The highest BCUT2D eigenvalue weighted by Gasteiger charge is 1.97. The van der Waals surface area contributed by atoms with Gasteiger partial charge >= 0.3 is 0 Å². The monoisotopic (exact) mass is 134 g/mol. The molecule has 3 nitrogen and oxygen atoms in total. The van der Waals surface area contributed by atoms with Crippen molar-refractivity contribution in [3.8, 4) is 0 Å². The Morgan fingerprint density at radius 3 is 2.56 bits per heavy atom. The second-order valence-electron chi connectivity index (χ2n) is 1.73. The lowest BCUT2D eigenvalue weighted by atomic mass is 10.5. The van der Waals surface area contributed by atoms with Crippen LogP contribution in [0.25, 0.3) is 0 Å². The van der Waals surface area contributed by atoms with Gasteiger partial charge in [-0.25, -0.2) is 0 Å². The number of aliphatic hydroxyl groups excluding tert-OH is 1. The van der Waals surface area contributed by atoms with E-state index in [2.05, 4.69) is 4.74 Å². The minimum Gasteiger partial charge on any atom is -0.371 e. The fourth-order valence-electron chi connectivity index (χ4n) is 0.437. The van der Waals surface area contributed by atoms with E-state index >= 15 is 0 Å². The minimum atomic E-state index is -0.282. The summed E-state index contributed by atoms with van der Waals surface area (Å²) in [6.45, 7) is 4.18. The second kappa shape index (κ2) is 6.01. The lowest BCUT2D eigenvalue weighted by molar-refractivity contribution is -0.170. The van der Waals surface area contributed by atoms with Gasteiger partial charge in [-0.15, -0.1) is 0 Å². The summed E-state index contributed by atoms with van der Waals surface area (Å²) >= 11 is 0. The zero-order valence-electron chi connectivity index (χ0n) is 5.96. The van der Waals surface area contributed by atoms with Gasteiger partial charge in [-0.1, -0.05) is 6.92 Å². The maximum atomic E-state index is 8.23. The van der Waals surface area contributed by atoms with Crippen LogP contribution in [0.4, 0.5) is 0 Å². The van der Waals surface area contributed by atoms with Crippen LogP contribution in [0.1, 0.15) is 20.3 Å². The third-order valence-electron chi connectivity index (χ3n) is 0.866. The summed E-state index contributed by atoms with van der Waals surface area (Å²) in [6.07, 6.45) is 0.689. The van der Waals surface area contributed by atoms with Crippen molar-refractivity contribution in [1.82, 2.24) is 0 Å². The standard InChI is InChI=1S/C6H14O3/c1-3-4-8-6(2)9-5-7/h6-7H,3-5H2,1-2H3. The summed E-state index contributed by atoms with van der Waals surface area (Å²) in [5, 5.41) is 8.23. The summed E-state index contributed by atoms with van der Waals surface area (Å²) in [5.74, 6) is 0. The van der Waals surface area contributed by atoms with Crippen LogP contribution in [-0.2, 0) is 9.47 Å². The van der Waals surface area contributed by atoms with Crippen LogP contribution >= 0.6 is 0 Å². The molecule has 0 bridgehead atoms. The molecule has 0 amide bonds. The van der Waals surface area contributed by atoms with Crippen molar-refractivity contribution in [3.63, 3.8) is 0 Å². The van der Waals surface area contributed by atoms with E-state index in [0.717, 1.165) is 6.42 Å². The SMILES string of the molecule is CCCOC(C)OCO. The van der Waals surface area contributed by atoms with Crippen molar-refractivity contribution in [3.05, 3.63) is 0 Å². The highest BCUT2D eigenvalue weighted by atomic mass is 16.7. The molecule has 0 aromatic heterocycles. The molecule has 0 aliphatic rings. The predicted molar refractivity (Wildman–Crippen MR) is 33.9 cm³/mol. The first-order chi connectivity index (χ1) is 4.31. The third kappa shape index (κ3) is 5.76. The molecular formula is C6H14O3. The molecule has 0 aliphatic carbocycles. The smallest absolute Gasteiger partial charge is 0.157 e. The molecule has 0 saturated carbocycles. The Balaban J connectivity index is 2.95. The first kappa shape index (κ1) is 8.88. The zero-order chi connectivity index (χ0) is 7.11. The molecular weight excluding hydrogens is 120 g/mol. The molecule has 0 aromatic carbocycles. The summed E-state index contributed by atoms with van der Waals surface area (Å²) < 4.78 is 9.73. The lowest BCUT2D eigenvalue weighted by Gasteiger charge is -2.10. The quantitative estimate of drug-likeness (QED) is 0.563. The summed E-state index contributed by atoms with van der Waals surface area (Å²) in [6, 6.07) is 0. The third-order valence-corrected chi connectivity index (χ3v) is 0.866. The molecule has 0 rings (SSSR count). The molecule has 0 fully saturated rings. The molecule has 0 heterocycles. The van der Waals surface area contributed by atoms with E-state index in [1.165, 1.54) is 0 Å². The molecule has 1 unspecified atom stereocenters. The molecule has 0 spiro atoms. The van der Waals surface area contributed by atoms with Crippen LogP contribution in [0.3, 0.4) is 0 Å². The van der Waals surface area contributed by atoms with Gasteiger partial charge in [0.25, 0.3) is 0 Å². The van der Waals surface area contributed by atoms with Gasteiger partial charge in [-0.3, -0.25) is 0 Å². The molecule has 1 N–H and O–H groups in total. The predicted octanol–water partition coefficient (Wildman–Crippen LogP) is 0.725. The van der Waals surface area contributed by atoms with Crippen molar-refractivity contribution in [1.29, 1.82) is 0 Å². The zero-order valence-corrected chi connectivity index (χ0v) is 5.96. The van der Waals surface area contributed by atoms with Crippen LogP contribution in [0.5, 0.6) is 0 Å². The fraction of sp³-hybridized carbons (Fsp3) is 1.00. The first-order valence-corrected chi connectivity index (χ1v) is 3.15. The summed E-state index contributed by atoms with van der Waals surface area (Å²) in [4.78, 5) is 0. The Morgan fingerprint density at radius 1 is 1.44 bits per heavy atom. The first-order valence-electron chi connectivity index (χ1n) is 3.15. The number of ether oxygens (including phenoxy) is 2. The van der Waals surface area contributed by atoms with Gasteiger partial charge in [0.2, 0.25) is 0 Å². The molecule has 0 saturated heterocycles. The number of aliphatic hydroxyl groups is 1. The van der Waals surface area contributed by atoms with E-state index in [-0.39, 0.29) is 13.1 Å².